The van der Waals surface area contributed by atoms with Crippen molar-refractivity contribution in [2.75, 3.05) is 0 Å². The van der Waals surface area contributed by atoms with E-state index in [1.165, 1.54) is 5.56 Å². The van der Waals surface area contributed by atoms with E-state index in [9.17, 15) is 5.11 Å². The van der Waals surface area contributed by atoms with E-state index in [0.29, 0.717) is 0 Å². The fourth-order valence-corrected chi connectivity index (χ4v) is 2.62. The Kier molecular flexibility index (Phi) is 2.26. The largest absolute Gasteiger partial charge is 0.386 e. The monoisotopic (exact) mass is 229 g/mol. The van der Waals surface area contributed by atoms with Crippen LogP contribution in [0.5, 0.6) is 0 Å². The highest BCUT2D eigenvalue weighted by Crippen LogP contribution is 2.38. The molecule has 1 aliphatic carbocycles. The van der Waals surface area contributed by atoms with Crippen LogP contribution < -0.4 is 0 Å². The zero-order valence-electron chi connectivity index (χ0n) is 9.96. The quantitative estimate of drug-likeness (QED) is 0.810. The minimum atomic E-state index is -0.481. The van der Waals surface area contributed by atoms with E-state index in [1.807, 2.05) is 36.7 Å². The lowest BCUT2D eigenvalue weighted by Crippen LogP contribution is -2.16. The number of aryl methyl sites for hydroxylation is 2. The van der Waals surface area contributed by atoms with Gasteiger partial charge in [0, 0.05) is 0 Å². The Hall–Kier alpha value is -1.68. The maximum atomic E-state index is 10.3. The lowest BCUT2D eigenvalue weighted by molar-refractivity contribution is 0.119. The molecule has 4 nitrogen and oxygen atoms in total. The molecule has 0 spiro atoms. The van der Waals surface area contributed by atoms with Crippen molar-refractivity contribution < 1.29 is 5.11 Å². The second kappa shape index (κ2) is 3.67. The van der Waals surface area contributed by atoms with Gasteiger partial charge in [-0.15, -0.1) is 0 Å². The van der Waals surface area contributed by atoms with Gasteiger partial charge in [0.25, 0.3) is 0 Å². The van der Waals surface area contributed by atoms with E-state index >= 15 is 0 Å². The third kappa shape index (κ3) is 1.56. The molecular weight excluding hydrogens is 214 g/mol. The van der Waals surface area contributed by atoms with Crippen molar-refractivity contribution >= 4 is 0 Å². The molecule has 2 atom stereocenters. The number of nitrogens with zero attached hydrogens (tertiary/aromatic N) is 3. The molecule has 0 saturated heterocycles. The fourth-order valence-electron chi connectivity index (χ4n) is 2.62. The van der Waals surface area contributed by atoms with Crippen LogP contribution in [0, 0.1) is 13.8 Å². The number of aliphatic hydroxyl groups is 1. The molecule has 0 radical (unpaired) electrons. The van der Waals surface area contributed by atoms with Gasteiger partial charge < -0.3 is 5.11 Å². The highest BCUT2D eigenvalue weighted by Gasteiger charge is 2.33. The van der Waals surface area contributed by atoms with Gasteiger partial charge in [0.05, 0.1) is 6.04 Å². The van der Waals surface area contributed by atoms with E-state index < -0.39 is 6.10 Å². The summed E-state index contributed by atoms with van der Waals surface area (Å²) in [6, 6.07) is 8.00. The van der Waals surface area contributed by atoms with Crippen LogP contribution in [-0.2, 0) is 6.42 Å². The lowest BCUT2D eigenvalue weighted by atomic mass is 10.1. The van der Waals surface area contributed by atoms with E-state index in [4.69, 9.17) is 0 Å². The van der Waals surface area contributed by atoms with Crippen LogP contribution in [0.4, 0.5) is 0 Å². The number of aliphatic hydroxyl groups excluding tert-OH is 1. The molecule has 17 heavy (non-hydrogen) atoms. The Bertz CT molecular complexity index is 562. The van der Waals surface area contributed by atoms with Gasteiger partial charge in [-0.1, -0.05) is 24.3 Å². The predicted octanol–water partition coefficient (Wildman–Crippen LogP) is 1.73. The molecule has 0 saturated carbocycles. The molecule has 0 amide bonds. The van der Waals surface area contributed by atoms with Crippen molar-refractivity contribution in [3.63, 3.8) is 0 Å². The first-order chi connectivity index (χ1) is 8.16. The van der Waals surface area contributed by atoms with Crippen LogP contribution in [0.3, 0.4) is 0 Å². The Morgan fingerprint density at radius 1 is 1.29 bits per heavy atom. The highest BCUT2D eigenvalue weighted by molar-refractivity contribution is 5.35. The summed E-state index contributed by atoms with van der Waals surface area (Å²) in [7, 11) is 0. The molecule has 2 unspecified atom stereocenters. The molecule has 1 heterocycles. The first-order valence-electron chi connectivity index (χ1n) is 5.82. The summed E-state index contributed by atoms with van der Waals surface area (Å²) in [6.07, 6.45) is 0.340. The summed E-state index contributed by atoms with van der Waals surface area (Å²) in [5.74, 6) is 1.62. The molecule has 0 aliphatic heterocycles. The van der Waals surface area contributed by atoms with Crippen LogP contribution in [0.2, 0.25) is 0 Å². The average Bonchev–Trinajstić information content (AvgIpc) is 2.80. The van der Waals surface area contributed by atoms with Gasteiger partial charge in [-0.2, -0.15) is 5.10 Å². The number of rotatable bonds is 1. The summed E-state index contributed by atoms with van der Waals surface area (Å²) in [6.45, 7) is 3.80. The number of hydrogen-bond donors (Lipinski definition) is 1. The molecule has 1 N–H and O–H groups in total. The maximum Gasteiger partial charge on any atom is 0.147 e. The van der Waals surface area contributed by atoms with Gasteiger partial charge in [0.2, 0.25) is 0 Å². The first-order valence-corrected chi connectivity index (χ1v) is 5.82. The predicted molar refractivity (Wildman–Crippen MR) is 63.6 cm³/mol. The van der Waals surface area contributed by atoms with Gasteiger partial charge in [0.15, 0.2) is 0 Å². The highest BCUT2D eigenvalue weighted by atomic mass is 16.3. The fraction of sp³-hybridized carbons (Fsp3) is 0.385. The van der Waals surface area contributed by atoms with Crippen molar-refractivity contribution in [3.8, 4) is 0 Å². The van der Waals surface area contributed by atoms with Crippen LogP contribution in [-0.4, -0.2) is 19.9 Å². The normalized spacial score (nSPS) is 22.8. The molecule has 1 aromatic carbocycles. The van der Waals surface area contributed by atoms with E-state index in [-0.39, 0.29) is 6.04 Å². The van der Waals surface area contributed by atoms with E-state index in [0.717, 1.165) is 23.6 Å². The zero-order valence-corrected chi connectivity index (χ0v) is 9.96. The lowest BCUT2D eigenvalue weighted by Gasteiger charge is -2.16. The van der Waals surface area contributed by atoms with E-state index in [1.54, 1.807) is 0 Å². The zero-order chi connectivity index (χ0) is 12.0. The van der Waals surface area contributed by atoms with Crippen LogP contribution >= 0.6 is 0 Å². The summed E-state index contributed by atoms with van der Waals surface area (Å²) in [5.41, 5.74) is 2.22. The molecule has 0 bridgehead atoms. The average molecular weight is 229 g/mol. The minimum absolute atomic E-state index is 0.0198. The number of benzene rings is 1. The van der Waals surface area contributed by atoms with Gasteiger partial charge in [-0.25, -0.2) is 9.67 Å². The van der Waals surface area contributed by atoms with Gasteiger partial charge in [-0.05, 0) is 31.4 Å². The van der Waals surface area contributed by atoms with Gasteiger partial charge >= 0.3 is 0 Å². The SMILES string of the molecule is Cc1nc(C)n(C2Cc3ccccc3C2O)n1. The van der Waals surface area contributed by atoms with Crippen molar-refractivity contribution in [2.45, 2.75) is 32.4 Å². The Morgan fingerprint density at radius 3 is 2.71 bits per heavy atom. The van der Waals surface area contributed by atoms with Crippen molar-refractivity contribution in [1.82, 2.24) is 14.8 Å². The standard InChI is InChI=1S/C13H15N3O/c1-8-14-9(2)16(15-8)12-7-10-5-3-4-6-11(10)13(12)17/h3-6,12-13,17H,7H2,1-2H3. The third-order valence-corrected chi connectivity index (χ3v) is 3.39. The first kappa shape index (κ1) is 10.5. The summed E-state index contributed by atoms with van der Waals surface area (Å²) < 4.78 is 1.85. The second-order valence-electron chi connectivity index (χ2n) is 4.57. The Balaban J connectivity index is 2.01. The number of aromatic nitrogens is 3. The van der Waals surface area contributed by atoms with Crippen LogP contribution in [0.1, 0.15) is 34.9 Å². The molecule has 1 aliphatic rings. The van der Waals surface area contributed by atoms with Gasteiger partial charge in [0.1, 0.15) is 17.8 Å². The molecule has 2 aromatic rings. The topological polar surface area (TPSA) is 50.9 Å². The minimum Gasteiger partial charge on any atom is -0.386 e. The Morgan fingerprint density at radius 2 is 2.06 bits per heavy atom. The van der Waals surface area contributed by atoms with Gasteiger partial charge in [-0.3, -0.25) is 0 Å². The van der Waals surface area contributed by atoms with E-state index in [2.05, 4.69) is 16.1 Å². The van der Waals surface area contributed by atoms with Crippen LogP contribution in [0.15, 0.2) is 24.3 Å². The number of fused-ring (bicyclic) bond motifs is 1. The van der Waals surface area contributed by atoms with Crippen molar-refractivity contribution in [3.05, 3.63) is 47.0 Å². The summed E-state index contributed by atoms with van der Waals surface area (Å²) in [5, 5.41) is 14.7. The molecule has 1 aromatic heterocycles. The smallest absolute Gasteiger partial charge is 0.147 e. The third-order valence-electron chi connectivity index (χ3n) is 3.39. The second-order valence-corrected chi connectivity index (χ2v) is 4.57. The van der Waals surface area contributed by atoms with Crippen molar-refractivity contribution in [2.24, 2.45) is 0 Å². The van der Waals surface area contributed by atoms with Crippen molar-refractivity contribution in [1.29, 1.82) is 0 Å². The van der Waals surface area contributed by atoms with Crippen LogP contribution in [0.25, 0.3) is 0 Å². The summed E-state index contributed by atoms with van der Waals surface area (Å²) in [4.78, 5) is 4.29. The summed E-state index contributed by atoms with van der Waals surface area (Å²) >= 11 is 0. The molecular formula is C13H15N3O. The molecule has 0 fully saturated rings. The maximum absolute atomic E-state index is 10.3. The molecule has 4 heteroatoms. The Labute approximate surface area is 99.9 Å². The molecule has 3 rings (SSSR count). The molecule has 88 valence electrons. The number of hydrogen-bond acceptors (Lipinski definition) is 3.